The summed E-state index contributed by atoms with van der Waals surface area (Å²) >= 11 is 0. The fourth-order valence-corrected chi connectivity index (χ4v) is 5.99. The molecular weight excluding hydrogens is 504 g/mol. The molecule has 1 aromatic heterocycles. The van der Waals surface area contributed by atoms with E-state index in [0.717, 1.165) is 36.6 Å². The quantitative estimate of drug-likeness (QED) is 0.385. The number of hydrogen-bond donors (Lipinski definition) is 2. The van der Waals surface area contributed by atoms with Gasteiger partial charge in [0.2, 0.25) is 15.9 Å². The number of carbonyl (C=O) groups excluding carboxylic acids is 1. The van der Waals surface area contributed by atoms with Crippen LogP contribution in [0.3, 0.4) is 0 Å². The van der Waals surface area contributed by atoms with E-state index >= 15 is 0 Å². The number of aliphatic hydroxyl groups is 1. The topological polar surface area (TPSA) is 107 Å². The molecule has 38 heavy (non-hydrogen) atoms. The number of hydrogen-bond acceptors (Lipinski definition) is 6. The van der Waals surface area contributed by atoms with Crippen molar-refractivity contribution >= 4 is 15.9 Å². The van der Waals surface area contributed by atoms with E-state index in [2.05, 4.69) is 24.3 Å². The van der Waals surface area contributed by atoms with E-state index in [1.807, 2.05) is 40.7 Å². The van der Waals surface area contributed by atoms with E-state index in [9.17, 15) is 18.3 Å². The number of nitrogens with one attached hydrogen (secondary N) is 1. The monoisotopic (exact) mass is 540 g/mol. The normalized spacial score (nSPS) is 15.1. The van der Waals surface area contributed by atoms with Crippen LogP contribution in [0.5, 0.6) is 11.5 Å². The van der Waals surface area contributed by atoms with E-state index < -0.39 is 22.0 Å². The Morgan fingerprint density at radius 2 is 1.71 bits per heavy atom. The summed E-state index contributed by atoms with van der Waals surface area (Å²) in [5.74, 6) is 1.01. The Morgan fingerprint density at radius 1 is 1.11 bits per heavy atom. The Kier molecular flexibility index (Phi) is 8.47. The Morgan fingerprint density at radius 3 is 2.26 bits per heavy atom. The number of carbonyl (C=O) groups is 1. The molecule has 1 heterocycles. The summed E-state index contributed by atoms with van der Waals surface area (Å²) in [6.07, 6.45) is 6.59. The molecule has 0 bridgehead atoms. The minimum Gasteiger partial charge on any atom is -0.496 e. The summed E-state index contributed by atoms with van der Waals surface area (Å²) in [6, 6.07) is 14.0. The van der Waals surface area contributed by atoms with Crippen LogP contribution in [0, 0.1) is 18.8 Å². The van der Waals surface area contributed by atoms with Crippen LogP contribution < -0.4 is 14.2 Å². The van der Waals surface area contributed by atoms with E-state index in [0.29, 0.717) is 29.5 Å². The SMILES string of the molecule is COc1cc([C@@H](O)[C@H](CC2Cc3ccccc3C2)Cn2ccc(CC(=O)NS(C)(=O)=O)c2)cc(OC)c1C. The molecule has 1 aliphatic carbocycles. The molecule has 0 radical (unpaired) electrons. The molecule has 2 aromatic carbocycles. The van der Waals surface area contributed by atoms with Gasteiger partial charge in [-0.3, -0.25) is 9.52 Å². The molecule has 9 heteroatoms. The number of amides is 1. The smallest absolute Gasteiger partial charge is 0.237 e. The minimum absolute atomic E-state index is 0.0441. The number of methoxy groups -OCH3 is 2. The maximum atomic E-state index is 12.1. The van der Waals surface area contributed by atoms with Gasteiger partial charge in [-0.25, -0.2) is 8.42 Å². The number of benzene rings is 2. The first-order valence-electron chi connectivity index (χ1n) is 12.7. The number of ether oxygens (including phenoxy) is 2. The first kappa shape index (κ1) is 27.7. The van der Waals surface area contributed by atoms with Crippen LogP contribution >= 0.6 is 0 Å². The first-order chi connectivity index (χ1) is 18.1. The summed E-state index contributed by atoms with van der Waals surface area (Å²) in [5.41, 5.74) is 5.03. The van der Waals surface area contributed by atoms with Crippen molar-refractivity contribution in [3.63, 3.8) is 0 Å². The zero-order chi connectivity index (χ0) is 27.4. The second-order valence-electron chi connectivity index (χ2n) is 10.2. The number of rotatable bonds is 11. The average Bonchev–Trinajstić information content (AvgIpc) is 3.48. The molecule has 1 aliphatic rings. The van der Waals surface area contributed by atoms with Gasteiger partial charge in [-0.1, -0.05) is 24.3 Å². The Labute approximate surface area is 224 Å². The maximum Gasteiger partial charge on any atom is 0.237 e. The third kappa shape index (κ3) is 6.76. The molecule has 0 unspecified atom stereocenters. The minimum atomic E-state index is -3.61. The van der Waals surface area contributed by atoms with Crippen LogP contribution in [0.15, 0.2) is 54.9 Å². The van der Waals surface area contributed by atoms with Crippen LogP contribution in [0.1, 0.15) is 40.3 Å². The van der Waals surface area contributed by atoms with Crippen LogP contribution in [0.4, 0.5) is 0 Å². The van der Waals surface area contributed by atoms with E-state index in [1.54, 1.807) is 20.3 Å². The van der Waals surface area contributed by atoms with E-state index in [4.69, 9.17) is 9.47 Å². The largest absolute Gasteiger partial charge is 0.496 e. The van der Waals surface area contributed by atoms with E-state index in [1.165, 1.54) is 11.1 Å². The van der Waals surface area contributed by atoms with Crippen LogP contribution in [0.25, 0.3) is 0 Å². The van der Waals surface area contributed by atoms with Crippen LogP contribution in [-0.4, -0.2) is 44.5 Å². The number of nitrogens with zero attached hydrogens (tertiary/aromatic N) is 1. The molecule has 0 aliphatic heterocycles. The molecule has 8 nitrogen and oxygen atoms in total. The zero-order valence-corrected chi connectivity index (χ0v) is 23.1. The molecule has 1 amide bonds. The summed E-state index contributed by atoms with van der Waals surface area (Å²) < 4.78 is 37.8. The molecule has 2 atom stereocenters. The van der Waals surface area contributed by atoms with E-state index in [-0.39, 0.29) is 12.3 Å². The third-order valence-corrected chi connectivity index (χ3v) is 7.85. The highest BCUT2D eigenvalue weighted by Gasteiger charge is 2.30. The third-order valence-electron chi connectivity index (χ3n) is 7.26. The van der Waals surface area contributed by atoms with Crippen molar-refractivity contribution in [3.05, 3.63) is 82.7 Å². The lowest BCUT2D eigenvalue weighted by atomic mass is 9.85. The van der Waals surface area contributed by atoms with Crippen molar-refractivity contribution in [1.82, 2.24) is 9.29 Å². The van der Waals surface area contributed by atoms with Crippen molar-refractivity contribution in [1.29, 1.82) is 0 Å². The van der Waals surface area contributed by atoms with Gasteiger partial charge < -0.3 is 19.1 Å². The van der Waals surface area contributed by atoms with Crippen molar-refractivity contribution in [2.24, 2.45) is 11.8 Å². The highest BCUT2D eigenvalue weighted by molar-refractivity contribution is 7.89. The second-order valence-corrected chi connectivity index (χ2v) is 12.0. The highest BCUT2D eigenvalue weighted by Crippen LogP contribution is 2.39. The van der Waals surface area contributed by atoms with Gasteiger partial charge in [0.15, 0.2) is 0 Å². The summed E-state index contributed by atoms with van der Waals surface area (Å²) in [7, 11) is -0.401. The maximum absolute atomic E-state index is 12.1. The lowest BCUT2D eigenvalue weighted by molar-refractivity contribution is -0.118. The second kappa shape index (κ2) is 11.6. The van der Waals surface area contributed by atoms with Crippen molar-refractivity contribution < 1.29 is 27.8 Å². The Bertz CT molecular complexity index is 1350. The highest BCUT2D eigenvalue weighted by atomic mass is 32.2. The van der Waals surface area contributed by atoms with Crippen LogP contribution in [0.2, 0.25) is 0 Å². The molecule has 4 rings (SSSR count). The van der Waals surface area contributed by atoms with Crippen LogP contribution in [-0.2, 0) is 40.6 Å². The van der Waals surface area contributed by atoms with Gasteiger partial charge in [-0.05, 0) is 72.6 Å². The van der Waals surface area contributed by atoms with Gasteiger partial charge in [-0.15, -0.1) is 0 Å². The van der Waals surface area contributed by atoms with Gasteiger partial charge >= 0.3 is 0 Å². The number of sulfonamides is 1. The van der Waals surface area contributed by atoms with Gasteiger partial charge in [0, 0.05) is 30.4 Å². The van der Waals surface area contributed by atoms with Crippen molar-refractivity contribution in [2.45, 2.75) is 45.3 Å². The van der Waals surface area contributed by atoms with Gasteiger partial charge in [0.05, 0.1) is 33.0 Å². The fraction of sp³-hybridized carbons (Fsp3) is 0.414. The molecule has 0 saturated carbocycles. The van der Waals surface area contributed by atoms with Gasteiger partial charge in [0.25, 0.3) is 0 Å². The molecule has 204 valence electrons. The van der Waals surface area contributed by atoms with Gasteiger partial charge in [-0.2, -0.15) is 0 Å². The van der Waals surface area contributed by atoms with Gasteiger partial charge in [0.1, 0.15) is 11.5 Å². The zero-order valence-electron chi connectivity index (χ0n) is 22.3. The predicted octanol–water partition coefficient (Wildman–Crippen LogP) is 3.59. The molecular formula is C29H36N2O6S. The number of aliphatic hydroxyl groups excluding tert-OH is 1. The molecule has 3 aromatic rings. The lowest BCUT2D eigenvalue weighted by Gasteiger charge is -2.27. The first-order valence-corrected chi connectivity index (χ1v) is 14.6. The summed E-state index contributed by atoms with van der Waals surface area (Å²) in [6.45, 7) is 2.45. The predicted molar refractivity (Wildman–Crippen MR) is 146 cm³/mol. The summed E-state index contributed by atoms with van der Waals surface area (Å²) in [4.78, 5) is 12.1. The molecule has 0 saturated heterocycles. The standard InChI is InChI=1S/C29H36N2O6S/c1-19-26(36-2)15-24(16-27(19)37-3)29(33)25(13-21-11-22-7-5-6-8-23(22)12-21)18-31-10-9-20(17-31)14-28(32)30-38(4,34)35/h5-10,15-17,21,25,29,33H,11-14,18H2,1-4H3,(H,30,32)/t25-,29-/m1/s1. The number of fused-ring (bicyclic) bond motifs is 1. The fourth-order valence-electron chi connectivity index (χ4n) is 5.51. The number of aromatic nitrogens is 1. The summed E-state index contributed by atoms with van der Waals surface area (Å²) in [5, 5.41) is 11.7. The average molecular weight is 541 g/mol. The Hall–Kier alpha value is -3.30. The molecule has 0 spiro atoms. The van der Waals surface area contributed by atoms with Crippen molar-refractivity contribution in [3.8, 4) is 11.5 Å². The van der Waals surface area contributed by atoms with Crippen molar-refractivity contribution in [2.75, 3.05) is 20.5 Å². The molecule has 2 N–H and O–H groups in total. The molecule has 0 fully saturated rings. The lowest BCUT2D eigenvalue weighted by Crippen LogP contribution is -2.30. The Balaban J connectivity index is 1.57.